The quantitative estimate of drug-likeness (QED) is 0.533. The van der Waals surface area contributed by atoms with Crippen LogP contribution in [0.3, 0.4) is 0 Å². The molecule has 1 aliphatic carbocycles. The van der Waals surface area contributed by atoms with Crippen molar-refractivity contribution in [3.8, 4) is 0 Å². The molecule has 2 aromatic carbocycles. The first-order chi connectivity index (χ1) is 15.2. The van der Waals surface area contributed by atoms with E-state index in [0.29, 0.717) is 16.6 Å². The number of carbonyl (C=O) groups is 2. The second-order valence-electron chi connectivity index (χ2n) is 8.96. The molecule has 4 nitrogen and oxygen atoms in total. The molecule has 3 rings (SSSR count). The molecule has 1 atom stereocenters. The van der Waals surface area contributed by atoms with Crippen molar-refractivity contribution < 1.29 is 9.59 Å². The highest BCUT2D eigenvalue weighted by atomic mass is 35.5. The van der Waals surface area contributed by atoms with Crippen molar-refractivity contribution in [2.45, 2.75) is 77.9 Å². The molecule has 2 aromatic rings. The van der Waals surface area contributed by atoms with Gasteiger partial charge in [-0.3, -0.25) is 9.59 Å². The maximum atomic E-state index is 13.4. The highest BCUT2D eigenvalue weighted by Gasteiger charge is 2.28. The molecule has 2 amide bonds. The van der Waals surface area contributed by atoms with Crippen LogP contribution in [-0.2, 0) is 22.6 Å². The first kappa shape index (κ1) is 24.6. The Labute approximate surface area is 201 Å². The average Bonchev–Trinajstić information content (AvgIpc) is 2.74. The summed E-state index contributed by atoms with van der Waals surface area (Å²) in [6.45, 7) is 6.14. The molecule has 172 valence electrons. The van der Waals surface area contributed by atoms with E-state index in [2.05, 4.69) is 11.4 Å². The van der Waals surface area contributed by atoms with E-state index in [-0.39, 0.29) is 24.3 Å². The Hall–Kier alpha value is -2.04. The Morgan fingerprint density at radius 1 is 0.969 bits per heavy atom. The highest BCUT2D eigenvalue weighted by molar-refractivity contribution is 6.42. The monoisotopic (exact) mass is 474 g/mol. The van der Waals surface area contributed by atoms with Crippen molar-refractivity contribution in [1.29, 1.82) is 0 Å². The smallest absolute Gasteiger partial charge is 0.242 e. The molecule has 0 spiro atoms. The minimum Gasteiger partial charge on any atom is -0.352 e. The standard InChI is InChI=1S/C26H32Cl2N2O2/c1-17-11-18(2)13-21(12-17)15-25(31)30(16-20-9-10-23(27)24(28)14-20)19(3)26(32)29-22-7-5-4-6-8-22/h9-14,19,22H,4-8,15-16H2,1-3H3,(H,29,32)/t19-/m0/s1. The lowest BCUT2D eigenvalue weighted by Gasteiger charge is -2.31. The Morgan fingerprint density at radius 2 is 1.62 bits per heavy atom. The second kappa shape index (κ2) is 11.2. The van der Waals surface area contributed by atoms with Gasteiger partial charge in [0.1, 0.15) is 6.04 Å². The van der Waals surface area contributed by atoms with E-state index < -0.39 is 6.04 Å². The van der Waals surface area contributed by atoms with Crippen molar-refractivity contribution in [2.75, 3.05) is 0 Å². The maximum absolute atomic E-state index is 13.4. The van der Waals surface area contributed by atoms with Crippen molar-refractivity contribution in [3.63, 3.8) is 0 Å². The molecule has 0 aliphatic heterocycles. The van der Waals surface area contributed by atoms with E-state index in [0.717, 1.165) is 47.9 Å². The van der Waals surface area contributed by atoms with Gasteiger partial charge in [-0.15, -0.1) is 0 Å². The van der Waals surface area contributed by atoms with Crippen LogP contribution >= 0.6 is 23.2 Å². The van der Waals surface area contributed by atoms with Gasteiger partial charge in [-0.2, -0.15) is 0 Å². The van der Waals surface area contributed by atoms with E-state index in [1.54, 1.807) is 24.0 Å². The minimum atomic E-state index is -0.593. The SMILES string of the molecule is Cc1cc(C)cc(CC(=O)N(Cc2ccc(Cl)c(Cl)c2)[C@@H](C)C(=O)NC2CCCCC2)c1. The van der Waals surface area contributed by atoms with Gasteiger partial charge in [-0.25, -0.2) is 0 Å². The number of nitrogens with zero attached hydrogens (tertiary/aromatic N) is 1. The summed E-state index contributed by atoms with van der Waals surface area (Å²) >= 11 is 12.3. The number of aryl methyl sites for hydroxylation is 2. The van der Waals surface area contributed by atoms with Crippen molar-refractivity contribution >= 4 is 35.0 Å². The molecule has 0 saturated heterocycles. The summed E-state index contributed by atoms with van der Waals surface area (Å²) < 4.78 is 0. The number of amides is 2. The molecule has 0 aromatic heterocycles. The number of halogens is 2. The number of carbonyl (C=O) groups excluding carboxylic acids is 2. The van der Waals surface area contributed by atoms with Crippen LogP contribution in [-0.4, -0.2) is 28.8 Å². The molecular formula is C26H32Cl2N2O2. The van der Waals surface area contributed by atoms with E-state index in [1.165, 1.54) is 6.42 Å². The van der Waals surface area contributed by atoms with Crippen LogP contribution in [0.5, 0.6) is 0 Å². The van der Waals surface area contributed by atoms with E-state index in [9.17, 15) is 9.59 Å². The normalized spacial score (nSPS) is 15.3. The number of hydrogen-bond acceptors (Lipinski definition) is 2. The molecule has 1 fully saturated rings. The number of nitrogens with one attached hydrogen (secondary N) is 1. The molecule has 6 heteroatoms. The van der Waals surface area contributed by atoms with E-state index in [4.69, 9.17) is 23.2 Å². The van der Waals surface area contributed by atoms with Crippen LogP contribution in [0.25, 0.3) is 0 Å². The topological polar surface area (TPSA) is 49.4 Å². The lowest BCUT2D eigenvalue weighted by atomic mass is 9.95. The van der Waals surface area contributed by atoms with Crippen molar-refractivity contribution in [2.24, 2.45) is 0 Å². The fourth-order valence-corrected chi connectivity index (χ4v) is 4.75. The number of hydrogen-bond donors (Lipinski definition) is 1. The van der Waals surface area contributed by atoms with Gasteiger partial charge in [0.05, 0.1) is 16.5 Å². The van der Waals surface area contributed by atoms with Crippen LogP contribution in [0.15, 0.2) is 36.4 Å². The summed E-state index contributed by atoms with van der Waals surface area (Å²) in [5, 5.41) is 4.06. The average molecular weight is 475 g/mol. The molecule has 0 bridgehead atoms. The van der Waals surface area contributed by atoms with Gasteiger partial charge in [0.2, 0.25) is 11.8 Å². The van der Waals surface area contributed by atoms with E-state index >= 15 is 0 Å². The molecule has 32 heavy (non-hydrogen) atoms. The fourth-order valence-electron chi connectivity index (χ4n) is 4.43. The van der Waals surface area contributed by atoms with Crippen molar-refractivity contribution in [1.82, 2.24) is 10.2 Å². The third-order valence-electron chi connectivity index (χ3n) is 6.09. The van der Waals surface area contributed by atoms with Gasteiger partial charge in [0.15, 0.2) is 0 Å². The molecule has 0 unspecified atom stereocenters. The summed E-state index contributed by atoms with van der Waals surface area (Å²) in [6, 6.07) is 11.1. The Kier molecular flexibility index (Phi) is 8.61. The van der Waals surface area contributed by atoms with Crippen LogP contribution in [0.1, 0.15) is 61.3 Å². The van der Waals surface area contributed by atoms with Gasteiger partial charge >= 0.3 is 0 Å². The molecule has 0 heterocycles. The first-order valence-corrected chi connectivity index (χ1v) is 12.1. The van der Waals surface area contributed by atoms with Gasteiger partial charge in [0, 0.05) is 12.6 Å². The predicted molar refractivity (Wildman–Crippen MR) is 131 cm³/mol. The Morgan fingerprint density at radius 3 is 2.25 bits per heavy atom. The fraction of sp³-hybridized carbons (Fsp3) is 0.462. The summed E-state index contributed by atoms with van der Waals surface area (Å²) in [6.07, 6.45) is 5.74. The maximum Gasteiger partial charge on any atom is 0.242 e. The van der Waals surface area contributed by atoms with Crippen molar-refractivity contribution in [3.05, 3.63) is 68.7 Å². The Balaban J connectivity index is 1.80. The molecule has 1 N–H and O–H groups in total. The third kappa shape index (κ3) is 6.73. The first-order valence-electron chi connectivity index (χ1n) is 11.3. The van der Waals surface area contributed by atoms with Crippen LogP contribution in [0.2, 0.25) is 10.0 Å². The lowest BCUT2D eigenvalue weighted by molar-refractivity contribution is -0.140. The highest BCUT2D eigenvalue weighted by Crippen LogP contribution is 2.24. The van der Waals surface area contributed by atoms with Gasteiger partial charge < -0.3 is 10.2 Å². The molecule has 0 radical (unpaired) electrons. The minimum absolute atomic E-state index is 0.0904. The number of rotatable bonds is 7. The van der Waals surface area contributed by atoms with E-state index in [1.807, 2.05) is 32.0 Å². The molecule has 1 saturated carbocycles. The number of benzene rings is 2. The lowest BCUT2D eigenvalue weighted by Crippen LogP contribution is -2.50. The summed E-state index contributed by atoms with van der Waals surface area (Å²) in [5.74, 6) is -0.196. The summed E-state index contributed by atoms with van der Waals surface area (Å²) in [7, 11) is 0. The summed E-state index contributed by atoms with van der Waals surface area (Å²) in [5.41, 5.74) is 4.02. The van der Waals surface area contributed by atoms with Crippen LogP contribution in [0.4, 0.5) is 0 Å². The van der Waals surface area contributed by atoms with Gasteiger partial charge in [-0.05, 0) is 56.9 Å². The second-order valence-corrected chi connectivity index (χ2v) is 9.78. The zero-order valence-electron chi connectivity index (χ0n) is 19.1. The Bertz CT molecular complexity index is 950. The zero-order valence-corrected chi connectivity index (χ0v) is 20.6. The molecular weight excluding hydrogens is 443 g/mol. The summed E-state index contributed by atoms with van der Waals surface area (Å²) in [4.78, 5) is 28.1. The van der Waals surface area contributed by atoms with Crippen LogP contribution in [0, 0.1) is 13.8 Å². The molecule has 1 aliphatic rings. The predicted octanol–water partition coefficient (Wildman–Crippen LogP) is 6.02. The van der Waals surface area contributed by atoms with Gasteiger partial charge in [0.25, 0.3) is 0 Å². The largest absolute Gasteiger partial charge is 0.352 e. The van der Waals surface area contributed by atoms with Gasteiger partial charge in [-0.1, -0.05) is 77.9 Å². The third-order valence-corrected chi connectivity index (χ3v) is 6.83. The zero-order chi connectivity index (χ0) is 23.3. The van der Waals surface area contributed by atoms with Crippen LogP contribution < -0.4 is 5.32 Å².